The van der Waals surface area contributed by atoms with Gasteiger partial charge in [-0.1, -0.05) is 76.6 Å². The van der Waals surface area contributed by atoms with Crippen LogP contribution in [0.2, 0.25) is 0 Å². The number of nitrogens with zero attached hydrogens (tertiary/aromatic N) is 1. The highest BCUT2D eigenvalue weighted by molar-refractivity contribution is 9.10. The predicted octanol–water partition coefficient (Wildman–Crippen LogP) is 5.51. The summed E-state index contributed by atoms with van der Waals surface area (Å²) in [4.78, 5) is 14.8. The van der Waals surface area contributed by atoms with Crippen LogP contribution >= 0.6 is 15.9 Å². The first-order chi connectivity index (χ1) is 14.1. The summed E-state index contributed by atoms with van der Waals surface area (Å²) in [5.74, 6) is 0.129. The molecule has 0 spiro atoms. The number of carbonyl (C=O) groups excluding carboxylic acids is 1. The van der Waals surface area contributed by atoms with Crippen molar-refractivity contribution in [2.24, 2.45) is 0 Å². The predicted molar refractivity (Wildman–Crippen MR) is 116 cm³/mol. The first-order valence-electron chi connectivity index (χ1n) is 9.27. The van der Waals surface area contributed by atoms with Gasteiger partial charge in [-0.15, -0.1) is 0 Å². The summed E-state index contributed by atoms with van der Waals surface area (Å²) in [7, 11) is 1.61. The van der Waals surface area contributed by atoms with Gasteiger partial charge in [0.05, 0.1) is 13.2 Å². The number of benzene rings is 3. The normalized spacial score (nSPS) is 16.4. The number of aliphatic hydroxyl groups excluding tert-OH is 1. The monoisotopic (exact) mass is 449 g/mol. The zero-order chi connectivity index (χ0) is 20.4. The number of ether oxygens (including phenoxy) is 1. The molecule has 4 nitrogen and oxygen atoms in total. The molecule has 1 aliphatic rings. The number of hydrogen-bond acceptors (Lipinski definition) is 3. The van der Waals surface area contributed by atoms with Gasteiger partial charge in [-0.05, 0) is 34.9 Å². The maximum atomic E-state index is 13.1. The Balaban J connectivity index is 1.83. The molecule has 0 bridgehead atoms. The van der Waals surface area contributed by atoms with Gasteiger partial charge in [0.15, 0.2) is 5.76 Å². The van der Waals surface area contributed by atoms with Gasteiger partial charge in [0.2, 0.25) is 0 Å². The zero-order valence-corrected chi connectivity index (χ0v) is 17.5. The number of methoxy groups -OCH3 is 1. The maximum absolute atomic E-state index is 13.1. The van der Waals surface area contributed by atoms with Crippen molar-refractivity contribution in [1.82, 2.24) is 4.90 Å². The first kappa shape index (κ1) is 19.3. The topological polar surface area (TPSA) is 49.8 Å². The van der Waals surface area contributed by atoms with Crippen LogP contribution in [0.1, 0.15) is 22.7 Å². The molecule has 146 valence electrons. The van der Waals surface area contributed by atoms with Gasteiger partial charge < -0.3 is 14.7 Å². The summed E-state index contributed by atoms with van der Waals surface area (Å²) < 4.78 is 6.13. The van der Waals surface area contributed by atoms with Crippen molar-refractivity contribution in [2.45, 2.75) is 12.6 Å². The Labute approximate surface area is 178 Å². The van der Waals surface area contributed by atoms with Crippen LogP contribution in [-0.2, 0) is 11.3 Å². The average Bonchev–Trinajstić information content (AvgIpc) is 3.00. The molecule has 29 heavy (non-hydrogen) atoms. The lowest BCUT2D eigenvalue weighted by Crippen LogP contribution is -2.30. The third kappa shape index (κ3) is 3.66. The van der Waals surface area contributed by atoms with E-state index in [9.17, 15) is 9.90 Å². The molecule has 0 aliphatic carbocycles. The minimum Gasteiger partial charge on any atom is -0.503 e. The van der Waals surface area contributed by atoms with Crippen LogP contribution < -0.4 is 4.74 Å². The van der Waals surface area contributed by atoms with Gasteiger partial charge >= 0.3 is 0 Å². The number of rotatable bonds is 5. The number of carbonyl (C=O) groups is 1. The van der Waals surface area contributed by atoms with E-state index < -0.39 is 6.04 Å². The van der Waals surface area contributed by atoms with Crippen molar-refractivity contribution in [1.29, 1.82) is 0 Å². The minimum atomic E-state index is -0.410. The largest absolute Gasteiger partial charge is 0.503 e. The van der Waals surface area contributed by atoms with Crippen LogP contribution in [0.25, 0.3) is 5.57 Å². The SMILES string of the molecule is COc1ccc(C2=C(O)C(=O)N(Cc3ccccc3)C2c2ccccc2Br)cc1. The highest BCUT2D eigenvalue weighted by Crippen LogP contribution is 2.45. The van der Waals surface area contributed by atoms with Gasteiger partial charge in [-0.2, -0.15) is 0 Å². The van der Waals surface area contributed by atoms with Crippen LogP contribution in [0, 0.1) is 0 Å². The summed E-state index contributed by atoms with van der Waals surface area (Å²) in [5, 5.41) is 10.9. The second kappa shape index (κ2) is 8.13. The van der Waals surface area contributed by atoms with Crippen LogP contribution in [0.3, 0.4) is 0 Å². The van der Waals surface area contributed by atoms with E-state index in [4.69, 9.17) is 4.74 Å². The summed E-state index contributed by atoms with van der Waals surface area (Å²) in [6, 6.07) is 24.6. The van der Waals surface area contributed by atoms with Crippen LogP contribution in [0.4, 0.5) is 0 Å². The Morgan fingerprint density at radius 3 is 2.28 bits per heavy atom. The Kier molecular flexibility index (Phi) is 5.41. The third-order valence-electron chi connectivity index (χ3n) is 5.10. The summed E-state index contributed by atoms with van der Waals surface area (Å²) in [5.41, 5.74) is 3.31. The molecule has 0 fully saturated rings. The molecule has 4 rings (SSSR count). The Hall–Kier alpha value is -3.05. The summed E-state index contributed by atoms with van der Waals surface area (Å²) >= 11 is 3.62. The van der Waals surface area contributed by atoms with Crippen molar-refractivity contribution < 1.29 is 14.6 Å². The quantitative estimate of drug-likeness (QED) is 0.558. The van der Waals surface area contributed by atoms with Crippen molar-refractivity contribution in [3.63, 3.8) is 0 Å². The maximum Gasteiger partial charge on any atom is 0.290 e. The van der Waals surface area contributed by atoms with Gasteiger partial charge in [0.25, 0.3) is 5.91 Å². The summed E-state index contributed by atoms with van der Waals surface area (Å²) in [6.07, 6.45) is 0. The fraction of sp³-hybridized carbons (Fsp3) is 0.125. The summed E-state index contributed by atoms with van der Waals surface area (Å²) in [6.45, 7) is 0.398. The smallest absolute Gasteiger partial charge is 0.290 e. The van der Waals surface area contributed by atoms with E-state index in [0.717, 1.165) is 26.9 Å². The van der Waals surface area contributed by atoms with E-state index in [2.05, 4.69) is 15.9 Å². The van der Waals surface area contributed by atoms with Crippen molar-refractivity contribution in [2.75, 3.05) is 7.11 Å². The second-order valence-corrected chi connectivity index (χ2v) is 7.69. The Morgan fingerprint density at radius 2 is 1.62 bits per heavy atom. The molecule has 0 aromatic heterocycles. The minimum absolute atomic E-state index is 0.216. The zero-order valence-electron chi connectivity index (χ0n) is 15.9. The molecule has 3 aromatic carbocycles. The average molecular weight is 450 g/mol. The number of hydrogen-bond donors (Lipinski definition) is 1. The molecule has 1 unspecified atom stereocenters. The van der Waals surface area contributed by atoms with Crippen molar-refractivity contribution >= 4 is 27.4 Å². The molecule has 5 heteroatoms. The molecule has 0 radical (unpaired) electrons. The Morgan fingerprint density at radius 1 is 0.966 bits per heavy atom. The fourth-order valence-electron chi connectivity index (χ4n) is 3.68. The molecule has 1 aliphatic heterocycles. The number of halogens is 1. The lowest BCUT2D eigenvalue weighted by atomic mass is 9.93. The molecule has 0 saturated carbocycles. The highest BCUT2D eigenvalue weighted by Gasteiger charge is 2.41. The fourth-order valence-corrected chi connectivity index (χ4v) is 4.18. The lowest BCUT2D eigenvalue weighted by molar-refractivity contribution is -0.130. The van der Waals surface area contributed by atoms with E-state index in [1.807, 2.05) is 78.9 Å². The van der Waals surface area contributed by atoms with Crippen LogP contribution in [0.5, 0.6) is 5.75 Å². The standard InChI is InChI=1S/C24H20BrNO3/c1-29-18-13-11-17(12-14-18)21-22(19-9-5-6-10-20(19)25)26(24(28)23(21)27)15-16-7-3-2-4-8-16/h2-14,22,27H,15H2,1H3. The molecule has 1 amide bonds. The number of amides is 1. The van der Waals surface area contributed by atoms with Crippen LogP contribution in [-0.4, -0.2) is 23.0 Å². The molecule has 1 N–H and O–H groups in total. The van der Waals surface area contributed by atoms with Gasteiger partial charge in [-0.25, -0.2) is 0 Å². The van der Waals surface area contributed by atoms with E-state index in [-0.39, 0.29) is 11.7 Å². The molecule has 0 saturated heterocycles. The molecule has 3 aromatic rings. The molecular formula is C24H20BrNO3. The van der Waals surface area contributed by atoms with Gasteiger partial charge in [0, 0.05) is 16.6 Å². The van der Waals surface area contributed by atoms with Gasteiger partial charge in [-0.3, -0.25) is 4.79 Å². The molecule has 1 atom stereocenters. The van der Waals surface area contributed by atoms with Crippen LogP contribution in [0.15, 0.2) is 89.1 Å². The lowest BCUT2D eigenvalue weighted by Gasteiger charge is -2.28. The van der Waals surface area contributed by atoms with E-state index in [0.29, 0.717) is 12.1 Å². The second-order valence-electron chi connectivity index (χ2n) is 6.83. The third-order valence-corrected chi connectivity index (χ3v) is 5.82. The van der Waals surface area contributed by atoms with E-state index in [1.54, 1.807) is 12.0 Å². The first-order valence-corrected chi connectivity index (χ1v) is 10.1. The number of aliphatic hydroxyl groups is 1. The molecule has 1 heterocycles. The van der Waals surface area contributed by atoms with Gasteiger partial charge in [0.1, 0.15) is 5.75 Å². The Bertz CT molecular complexity index is 1060. The van der Waals surface area contributed by atoms with Crippen molar-refractivity contribution in [3.05, 3.63) is 106 Å². The van der Waals surface area contributed by atoms with E-state index >= 15 is 0 Å². The molecular weight excluding hydrogens is 430 g/mol. The van der Waals surface area contributed by atoms with Crippen molar-refractivity contribution in [3.8, 4) is 5.75 Å². The van der Waals surface area contributed by atoms with E-state index in [1.165, 1.54) is 0 Å². The highest BCUT2D eigenvalue weighted by atomic mass is 79.9.